The molecule has 0 radical (unpaired) electrons. The van der Waals surface area contributed by atoms with Crippen molar-refractivity contribution in [3.8, 4) is 0 Å². The minimum absolute atomic E-state index is 0.154. The number of amides is 1. The van der Waals surface area contributed by atoms with E-state index >= 15 is 0 Å². The fourth-order valence-corrected chi connectivity index (χ4v) is 7.55. The molecule has 0 bridgehead atoms. The van der Waals surface area contributed by atoms with Gasteiger partial charge in [0, 0.05) is 23.7 Å². The van der Waals surface area contributed by atoms with Crippen molar-refractivity contribution in [2.45, 2.75) is 50.5 Å². The first-order valence-corrected chi connectivity index (χ1v) is 13.5. The predicted molar refractivity (Wildman–Crippen MR) is 128 cm³/mol. The number of nitrogens with one attached hydrogen (secondary N) is 1. The van der Waals surface area contributed by atoms with Crippen LogP contribution in [0.5, 0.6) is 0 Å². The number of hydrogen-bond acceptors (Lipinski definition) is 6. The maximum absolute atomic E-state index is 13.1. The van der Waals surface area contributed by atoms with Crippen molar-refractivity contribution in [3.05, 3.63) is 51.4 Å². The van der Waals surface area contributed by atoms with Gasteiger partial charge in [-0.05, 0) is 61.8 Å². The van der Waals surface area contributed by atoms with Crippen LogP contribution in [0.4, 0.5) is 5.69 Å². The zero-order valence-corrected chi connectivity index (χ0v) is 20.0. The molecule has 1 N–H and O–H groups in total. The Bertz CT molecular complexity index is 1390. The normalized spacial score (nSPS) is 19.0. The molecule has 5 rings (SSSR count). The molecule has 2 aromatic heterocycles. The second-order valence-corrected chi connectivity index (χ2v) is 11.9. The van der Waals surface area contributed by atoms with Gasteiger partial charge in [-0.2, -0.15) is 4.31 Å². The SMILES string of the molecule is CC1CCc2c(sc3ncn(CC(=O)Nc4cccc(S(=O)(=O)N5CCCC5)c4)c(=O)c23)C1. The molecule has 1 aliphatic heterocycles. The lowest BCUT2D eigenvalue weighted by Crippen LogP contribution is -2.29. The molecule has 1 atom stereocenters. The smallest absolute Gasteiger partial charge is 0.262 e. The minimum atomic E-state index is -3.58. The minimum Gasteiger partial charge on any atom is -0.324 e. The molecule has 10 heteroatoms. The summed E-state index contributed by atoms with van der Waals surface area (Å²) in [6.07, 6.45) is 6.01. The highest BCUT2D eigenvalue weighted by atomic mass is 32.2. The summed E-state index contributed by atoms with van der Waals surface area (Å²) in [6.45, 7) is 3.06. The topological polar surface area (TPSA) is 101 Å². The van der Waals surface area contributed by atoms with E-state index in [0.717, 1.165) is 42.5 Å². The van der Waals surface area contributed by atoms with Crippen molar-refractivity contribution >= 4 is 43.2 Å². The van der Waals surface area contributed by atoms with Crippen LogP contribution in [-0.4, -0.2) is 41.3 Å². The van der Waals surface area contributed by atoms with Crippen LogP contribution in [0.15, 0.2) is 40.3 Å². The summed E-state index contributed by atoms with van der Waals surface area (Å²) in [5.74, 6) is 0.190. The van der Waals surface area contributed by atoms with Crippen LogP contribution in [0.2, 0.25) is 0 Å². The molecule has 1 unspecified atom stereocenters. The van der Waals surface area contributed by atoms with Crippen LogP contribution in [-0.2, 0) is 34.2 Å². The fourth-order valence-electron chi connectivity index (χ4n) is 4.65. The summed E-state index contributed by atoms with van der Waals surface area (Å²) in [5.41, 5.74) is 1.26. The fraction of sp³-hybridized carbons (Fsp3) is 0.435. The number of hydrogen-bond donors (Lipinski definition) is 1. The molecular weight excluding hydrogens is 460 g/mol. The Hall–Kier alpha value is -2.56. The highest BCUT2D eigenvalue weighted by Gasteiger charge is 2.27. The van der Waals surface area contributed by atoms with Gasteiger partial charge in [-0.25, -0.2) is 13.4 Å². The lowest BCUT2D eigenvalue weighted by molar-refractivity contribution is -0.116. The van der Waals surface area contributed by atoms with Crippen molar-refractivity contribution in [1.29, 1.82) is 0 Å². The molecule has 1 fully saturated rings. The van der Waals surface area contributed by atoms with Crippen molar-refractivity contribution in [2.24, 2.45) is 5.92 Å². The molecule has 1 aliphatic carbocycles. The van der Waals surface area contributed by atoms with E-state index in [1.165, 1.54) is 32.2 Å². The molecule has 2 aliphatic rings. The number of anilines is 1. The van der Waals surface area contributed by atoms with E-state index < -0.39 is 15.9 Å². The van der Waals surface area contributed by atoms with Crippen LogP contribution in [0.25, 0.3) is 10.2 Å². The first-order valence-electron chi connectivity index (χ1n) is 11.2. The Morgan fingerprint density at radius 3 is 2.85 bits per heavy atom. The summed E-state index contributed by atoms with van der Waals surface area (Å²) < 4.78 is 28.4. The average Bonchev–Trinajstić information content (AvgIpc) is 3.44. The van der Waals surface area contributed by atoms with E-state index in [2.05, 4.69) is 17.2 Å². The molecule has 3 heterocycles. The Morgan fingerprint density at radius 2 is 2.06 bits per heavy atom. The lowest BCUT2D eigenvalue weighted by Gasteiger charge is -2.17. The van der Waals surface area contributed by atoms with Gasteiger partial charge < -0.3 is 5.32 Å². The number of carbonyl (C=O) groups is 1. The second kappa shape index (κ2) is 8.66. The number of benzene rings is 1. The van der Waals surface area contributed by atoms with Crippen molar-refractivity contribution < 1.29 is 13.2 Å². The Kier molecular flexibility index (Phi) is 5.84. The third kappa shape index (κ3) is 4.22. The van der Waals surface area contributed by atoms with Gasteiger partial charge in [0.15, 0.2) is 0 Å². The molecule has 174 valence electrons. The third-order valence-corrected chi connectivity index (χ3v) is 9.47. The molecule has 1 aromatic carbocycles. The lowest BCUT2D eigenvalue weighted by atomic mass is 9.89. The number of aromatic nitrogens is 2. The van der Waals surface area contributed by atoms with Crippen LogP contribution in [0, 0.1) is 5.92 Å². The van der Waals surface area contributed by atoms with Crippen molar-refractivity contribution in [1.82, 2.24) is 13.9 Å². The van der Waals surface area contributed by atoms with Crippen LogP contribution < -0.4 is 10.9 Å². The van der Waals surface area contributed by atoms with Crippen LogP contribution in [0.3, 0.4) is 0 Å². The predicted octanol–water partition coefficient (Wildman–Crippen LogP) is 3.01. The van der Waals surface area contributed by atoms with Gasteiger partial charge in [-0.3, -0.25) is 14.2 Å². The number of nitrogens with zero attached hydrogens (tertiary/aromatic N) is 3. The van der Waals surface area contributed by atoms with Crippen molar-refractivity contribution in [2.75, 3.05) is 18.4 Å². The van der Waals surface area contributed by atoms with E-state index in [1.807, 2.05) is 0 Å². The number of fused-ring (bicyclic) bond motifs is 3. The monoisotopic (exact) mass is 486 g/mol. The van der Waals surface area contributed by atoms with Gasteiger partial charge in [0.1, 0.15) is 11.4 Å². The van der Waals surface area contributed by atoms with E-state index in [4.69, 9.17) is 0 Å². The Balaban J connectivity index is 1.36. The van der Waals surface area contributed by atoms with E-state index in [0.29, 0.717) is 30.1 Å². The van der Waals surface area contributed by atoms with Gasteiger partial charge in [-0.15, -0.1) is 11.3 Å². The molecule has 0 saturated carbocycles. The summed E-state index contributed by atoms with van der Waals surface area (Å²) in [6, 6.07) is 6.25. The number of thiophene rings is 1. The molecule has 1 amide bonds. The van der Waals surface area contributed by atoms with Gasteiger partial charge >= 0.3 is 0 Å². The zero-order valence-electron chi connectivity index (χ0n) is 18.4. The summed E-state index contributed by atoms with van der Waals surface area (Å²) in [7, 11) is -3.58. The van der Waals surface area contributed by atoms with Crippen LogP contribution in [0.1, 0.15) is 36.6 Å². The van der Waals surface area contributed by atoms with Crippen molar-refractivity contribution in [3.63, 3.8) is 0 Å². The molecule has 0 spiro atoms. The Morgan fingerprint density at radius 1 is 1.27 bits per heavy atom. The van der Waals surface area contributed by atoms with E-state index in [9.17, 15) is 18.0 Å². The molecule has 1 saturated heterocycles. The quantitative estimate of drug-likeness (QED) is 0.597. The maximum Gasteiger partial charge on any atom is 0.262 e. The number of aryl methyl sites for hydroxylation is 1. The summed E-state index contributed by atoms with van der Waals surface area (Å²) in [5, 5.41) is 3.36. The van der Waals surface area contributed by atoms with Gasteiger partial charge in [0.2, 0.25) is 15.9 Å². The zero-order chi connectivity index (χ0) is 23.2. The number of rotatable bonds is 5. The third-order valence-electron chi connectivity index (χ3n) is 6.42. The van der Waals surface area contributed by atoms with Gasteiger partial charge in [0.25, 0.3) is 5.56 Å². The second-order valence-electron chi connectivity index (χ2n) is 8.90. The number of sulfonamides is 1. The van der Waals surface area contributed by atoms with Gasteiger partial charge in [0.05, 0.1) is 16.6 Å². The van der Waals surface area contributed by atoms with E-state index in [-0.39, 0.29) is 17.0 Å². The Labute approximate surface area is 196 Å². The molecule has 8 nitrogen and oxygen atoms in total. The summed E-state index contributed by atoms with van der Waals surface area (Å²) in [4.78, 5) is 32.4. The molecule has 33 heavy (non-hydrogen) atoms. The highest BCUT2D eigenvalue weighted by molar-refractivity contribution is 7.89. The van der Waals surface area contributed by atoms with Gasteiger partial charge in [-0.1, -0.05) is 13.0 Å². The first-order chi connectivity index (χ1) is 15.8. The molecular formula is C23H26N4O4S2. The summed E-state index contributed by atoms with van der Waals surface area (Å²) >= 11 is 1.58. The average molecular weight is 487 g/mol. The first kappa shape index (κ1) is 22.2. The number of carbonyl (C=O) groups excluding carboxylic acids is 1. The maximum atomic E-state index is 13.1. The molecule has 3 aromatic rings. The largest absolute Gasteiger partial charge is 0.324 e. The standard InChI is InChI=1S/C23H26N4O4S2/c1-15-7-8-18-19(11-15)32-22-21(18)23(29)26(14-24-22)13-20(28)25-16-5-4-6-17(12-16)33(30,31)27-9-2-3-10-27/h4-6,12,14-15H,2-3,7-11,13H2,1H3,(H,25,28). The van der Waals surface area contributed by atoms with E-state index in [1.54, 1.807) is 23.5 Å². The highest BCUT2D eigenvalue weighted by Crippen LogP contribution is 2.35. The van der Waals surface area contributed by atoms with Crippen LogP contribution >= 0.6 is 11.3 Å².